The van der Waals surface area contributed by atoms with E-state index in [-0.39, 0.29) is 5.78 Å². The molecular formula is C9H8N2O. The van der Waals surface area contributed by atoms with Gasteiger partial charge in [0, 0.05) is 23.9 Å². The van der Waals surface area contributed by atoms with Crippen molar-refractivity contribution in [3.8, 4) is 0 Å². The van der Waals surface area contributed by atoms with Gasteiger partial charge in [0.05, 0.1) is 0 Å². The van der Waals surface area contributed by atoms with Crippen molar-refractivity contribution in [1.82, 2.24) is 4.98 Å². The van der Waals surface area contributed by atoms with Crippen molar-refractivity contribution >= 4 is 11.5 Å². The van der Waals surface area contributed by atoms with Crippen LogP contribution in [0.1, 0.15) is 28.9 Å². The smallest absolute Gasteiger partial charge is 0.182 e. The fraction of sp³-hybridized carbons (Fsp3) is 0.222. The molecule has 0 bridgehead atoms. The molecule has 0 spiro atoms. The van der Waals surface area contributed by atoms with Crippen LogP contribution >= 0.6 is 0 Å². The fourth-order valence-corrected chi connectivity index (χ4v) is 1.36. The number of Topliss-reactive ketones (excluding diaryl/α,β-unsaturated/α-hetero) is 1. The van der Waals surface area contributed by atoms with E-state index in [9.17, 15) is 4.79 Å². The van der Waals surface area contributed by atoms with Crippen LogP contribution in [0.4, 0.5) is 0 Å². The SMILES string of the molecule is N=C1CCC(=O)c2ncccc21. The molecule has 0 saturated heterocycles. The van der Waals surface area contributed by atoms with Crippen LogP contribution in [0.2, 0.25) is 0 Å². The molecular weight excluding hydrogens is 152 g/mol. The zero-order chi connectivity index (χ0) is 8.55. The van der Waals surface area contributed by atoms with E-state index in [1.54, 1.807) is 18.3 Å². The second-order valence-corrected chi connectivity index (χ2v) is 2.80. The molecule has 1 aliphatic carbocycles. The summed E-state index contributed by atoms with van der Waals surface area (Å²) in [7, 11) is 0. The van der Waals surface area contributed by atoms with Crippen molar-refractivity contribution in [3.63, 3.8) is 0 Å². The maximum atomic E-state index is 11.3. The van der Waals surface area contributed by atoms with Crippen molar-refractivity contribution in [2.75, 3.05) is 0 Å². The first-order valence-electron chi connectivity index (χ1n) is 3.85. The first-order chi connectivity index (χ1) is 5.79. The van der Waals surface area contributed by atoms with Gasteiger partial charge < -0.3 is 5.41 Å². The molecule has 1 N–H and O–H groups in total. The summed E-state index contributed by atoms with van der Waals surface area (Å²) in [5.41, 5.74) is 1.69. The molecule has 0 saturated carbocycles. The maximum Gasteiger partial charge on any atom is 0.182 e. The molecule has 12 heavy (non-hydrogen) atoms. The Morgan fingerprint density at radius 1 is 1.42 bits per heavy atom. The molecule has 0 aromatic carbocycles. The number of fused-ring (bicyclic) bond motifs is 1. The molecule has 1 aromatic heterocycles. The fourth-order valence-electron chi connectivity index (χ4n) is 1.36. The minimum Gasteiger partial charge on any atom is -0.305 e. The average Bonchev–Trinajstić information content (AvgIpc) is 2.12. The van der Waals surface area contributed by atoms with Crippen LogP contribution in [-0.2, 0) is 0 Å². The van der Waals surface area contributed by atoms with Gasteiger partial charge in [-0.25, -0.2) is 0 Å². The number of carbonyl (C=O) groups excluding carboxylic acids is 1. The summed E-state index contributed by atoms with van der Waals surface area (Å²) in [5, 5.41) is 7.57. The predicted molar refractivity (Wildman–Crippen MR) is 44.6 cm³/mol. The van der Waals surface area contributed by atoms with Gasteiger partial charge in [0.2, 0.25) is 0 Å². The van der Waals surface area contributed by atoms with Crippen molar-refractivity contribution < 1.29 is 4.79 Å². The Morgan fingerprint density at radius 3 is 3.00 bits per heavy atom. The average molecular weight is 160 g/mol. The van der Waals surface area contributed by atoms with E-state index in [1.165, 1.54) is 0 Å². The summed E-state index contributed by atoms with van der Waals surface area (Å²) in [5.74, 6) is 0.0570. The van der Waals surface area contributed by atoms with E-state index < -0.39 is 0 Å². The van der Waals surface area contributed by atoms with Gasteiger partial charge in [-0.15, -0.1) is 0 Å². The minimum absolute atomic E-state index is 0.0570. The summed E-state index contributed by atoms with van der Waals surface area (Å²) < 4.78 is 0. The summed E-state index contributed by atoms with van der Waals surface area (Å²) in [6.07, 6.45) is 2.58. The lowest BCUT2D eigenvalue weighted by atomic mass is 9.93. The van der Waals surface area contributed by atoms with Gasteiger partial charge in [-0.2, -0.15) is 0 Å². The van der Waals surface area contributed by atoms with Gasteiger partial charge in [-0.1, -0.05) is 0 Å². The van der Waals surface area contributed by atoms with Gasteiger partial charge >= 0.3 is 0 Å². The predicted octanol–water partition coefficient (Wildman–Crippen LogP) is 1.43. The lowest BCUT2D eigenvalue weighted by molar-refractivity contribution is 0.0977. The molecule has 2 rings (SSSR count). The molecule has 0 aliphatic heterocycles. The van der Waals surface area contributed by atoms with E-state index in [1.807, 2.05) is 0 Å². The number of pyridine rings is 1. The van der Waals surface area contributed by atoms with Gasteiger partial charge in [0.15, 0.2) is 5.78 Å². The van der Waals surface area contributed by atoms with Gasteiger partial charge in [-0.3, -0.25) is 9.78 Å². The summed E-state index contributed by atoms with van der Waals surface area (Å²) in [6.45, 7) is 0. The van der Waals surface area contributed by atoms with Gasteiger partial charge in [-0.05, 0) is 18.6 Å². The van der Waals surface area contributed by atoms with Crippen LogP contribution in [0.15, 0.2) is 18.3 Å². The standard InChI is InChI=1S/C9H8N2O/c10-7-3-4-8(12)9-6(7)2-1-5-11-9/h1-2,5,10H,3-4H2. The van der Waals surface area contributed by atoms with Crippen LogP contribution in [0.5, 0.6) is 0 Å². The van der Waals surface area contributed by atoms with Crippen LogP contribution in [0.25, 0.3) is 0 Å². The van der Waals surface area contributed by atoms with Crippen molar-refractivity contribution in [1.29, 1.82) is 5.41 Å². The third-order valence-electron chi connectivity index (χ3n) is 2.00. The summed E-state index contributed by atoms with van der Waals surface area (Å²) in [6, 6.07) is 3.54. The topological polar surface area (TPSA) is 53.8 Å². The maximum absolute atomic E-state index is 11.3. The Kier molecular flexibility index (Phi) is 1.50. The van der Waals surface area contributed by atoms with E-state index in [4.69, 9.17) is 5.41 Å². The Hall–Kier alpha value is -1.51. The van der Waals surface area contributed by atoms with Crippen LogP contribution < -0.4 is 0 Å². The monoisotopic (exact) mass is 160 g/mol. The summed E-state index contributed by atoms with van der Waals surface area (Å²) in [4.78, 5) is 15.2. The molecule has 0 unspecified atom stereocenters. The van der Waals surface area contributed by atoms with Gasteiger partial charge in [0.25, 0.3) is 0 Å². The van der Waals surface area contributed by atoms with Crippen LogP contribution in [0.3, 0.4) is 0 Å². The summed E-state index contributed by atoms with van der Waals surface area (Å²) >= 11 is 0. The number of rotatable bonds is 0. The number of hydrogen-bond acceptors (Lipinski definition) is 3. The first kappa shape index (κ1) is 7.16. The third kappa shape index (κ3) is 0.942. The highest BCUT2D eigenvalue weighted by Gasteiger charge is 2.21. The number of nitrogens with one attached hydrogen (secondary N) is 1. The molecule has 1 heterocycles. The highest BCUT2D eigenvalue weighted by molar-refractivity contribution is 6.13. The van der Waals surface area contributed by atoms with Gasteiger partial charge in [0.1, 0.15) is 5.69 Å². The molecule has 3 heteroatoms. The minimum atomic E-state index is 0.0570. The largest absolute Gasteiger partial charge is 0.305 e. The molecule has 1 aliphatic rings. The lowest BCUT2D eigenvalue weighted by Gasteiger charge is -2.13. The van der Waals surface area contributed by atoms with Crippen LogP contribution in [0, 0.1) is 5.41 Å². The Morgan fingerprint density at radius 2 is 2.25 bits per heavy atom. The number of ketones is 1. The molecule has 60 valence electrons. The Bertz CT molecular complexity index is 322. The van der Waals surface area contributed by atoms with E-state index >= 15 is 0 Å². The van der Waals surface area contributed by atoms with Crippen molar-refractivity contribution in [2.45, 2.75) is 12.8 Å². The highest BCUT2D eigenvalue weighted by Crippen LogP contribution is 2.18. The Labute approximate surface area is 70.0 Å². The molecule has 1 aromatic rings. The molecule has 0 radical (unpaired) electrons. The molecule has 0 atom stereocenters. The van der Waals surface area contributed by atoms with Crippen molar-refractivity contribution in [2.24, 2.45) is 0 Å². The molecule has 3 nitrogen and oxygen atoms in total. The van der Waals surface area contributed by atoms with E-state index in [0.717, 1.165) is 0 Å². The highest BCUT2D eigenvalue weighted by atomic mass is 16.1. The Balaban J connectivity index is 2.62. The van der Waals surface area contributed by atoms with E-state index in [0.29, 0.717) is 29.8 Å². The number of aromatic nitrogens is 1. The molecule has 0 fully saturated rings. The van der Waals surface area contributed by atoms with E-state index in [2.05, 4.69) is 4.98 Å². The number of nitrogens with zero attached hydrogens (tertiary/aromatic N) is 1. The molecule has 0 amide bonds. The normalized spacial score (nSPS) is 16.0. The third-order valence-corrected chi connectivity index (χ3v) is 2.00. The zero-order valence-electron chi connectivity index (χ0n) is 6.50. The van der Waals surface area contributed by atoms with Crippen molar-refractivity contribution in [3.05, 3.63) is 29.6 Å². The quantitative estimate of drug-likeness (QED) is 0.624. The second kappa shape index (κ2) is 2.52. The number of carbonyl (C=O) groups is 1. The van der Waals surface area contributed by atoms with Crippen LogP contribution in [-0.4, -0.2) is 16.5 Å². The lowest BCUT2D eigenvalue weighted by Crippen LogP contribution is -2.18. The first-order valence-corrected chi connectivity index (χ1v) is 3.85. The number of hydrogen-bond donors (Lipinski definition) is 1. The zero-order valence-corrected chi connectivity index (χ0v) is 6.50. The second-order valence-electron chi connectivity index (χ2n) is 2.80.